The smallest absolute Gasteiger partial charge is 0.408 e. The van der Waals surface area contributed by atoms with Gasteiger partial charge in [-0.2, -0.15) is 0 Å². The molecule has 0 unspecified atom stereocenters. The lowest BCUT2D eigenvalue weighted by Gasteiger charge is -2.30. The molecular weight excluding hydrogens is 607 g/mol. The predicted octanol–water partition coefficient (Wildman–Crippen LogP) is 3.71. The van der Waals surface area contributed by atoms with Crippen LogP contribution < -0.4 is 20.7 Å². The van der Waals surface area contributed by atoms with Gasteiger partial charge in [0, 0.05) is 25.5 Å². The van der Waals surface area contributed by atoms with Gasteiger partial charge in [0.05, 0.1) is 17.6 Å². The Labute approximate surface area is 274 Å². The first kappa shape index (κ1) is 34.1. The number of aromatic nitrogens is 2. The van der Waals surface area contributed by atoms with Crippen LogP contribution in [0.1, 0.15) is 78.3 Å². The van der Waals surface area contributed by atoms with Gasteiger partial charge in [-0.3, -0.25) is 14.4 Å². The van der Waals surface area contributed by atoms with Crippen LogP contribution >= 0.6 is 0 Å². The molecule has 3 heterocycles. The number of hydrogen-bond acceptors (Lipinski definition) is 8. The van der Waals surface area contributed by atoms with Crippen LogP contribution in [0.5, 0.6) is 5.88 Å². The molecule has 12 nitrogen and oxygen atoms in total. The van der Waals surface area contributed by atoms with Gasteiger partial charge in [0.25, 0.3) is 0 Å². The Hall–Kier alpha value is -4.29. The second-order valence-electron chi connectivity index (χ2n) is 13.6. The summed E-state index contributed by atoms with van der Waals surface area (Å²) in [6.07, 6.45) is 7.16. The molecule has 1 saturated heterocycles. The quantitative estimate of drug-likeness (QED) is 0.414. The van der Waals surface area contributed by atoms with Crippen molar-refractivity contribution >= 4 is 34.8 Å². The molecule has 3 N–H and O–H groups in total. The molecule has 5 rings (SSSR count). The van der Waals surface area contributed by atoms with E-state index in [2.05, 4.69) is 25.9 Å². The molecule has 1 saturated carbocycles. The van der Waals surface area contributed by atoms with Gasteiger partial charge in [-0.05, 0) is 65.0 Å². The summed E-state index contributed by atoms with van der Waals surface area (Å²) in [4.78, 5) is 64.8. The summed E-state index contributed by atoms with van der Waals surface area (Å²) in [5.41, 5.74) is -0.494. The maximum absolute atomic E-state index is 14.3. The third kappa shape index (κ3) is 7.82. The number of allylic oxidation sites excluding steroid dienone is 1. The highest BCUT2D eigenvalue weighted by molar-refractivity contribution is 5.98. The van der Waals surface area contributed by atoms with E-state index in [0.717, 1.165) is 19.3 Å². The van der Waals surface area contributed by atoms with E-state index < -0.39 is 53.1 Å². The minimum Gasteiger partial charge on any atom is -0.471 e. The molecule has 0 spiro atoms. The number of carbonyl (C=O) groups is 4. The molecule has 5 atom stereocenters. The van der Waals surface area contributed by atoms with Crippen molar-refractivity contribution in [3.8, 4) is 5.88 Å². The third-order valence-electron chi connectivity index (χ3n) is 8.84. The Morgan fingerprint density at radius 2 is 1.94 bits per heavy atom. The van der Waals surface area contributed by atoms with Crippen molar-refractivity contribution in [1.82, 2.24) is 30.8 Å². The summed E-state index contributed by atoms with van der Waals surface area (Å²) in [6.45, 7) is 7.13. The number of nitrogens with one attached hydrogen (secondary N) is 3. The number of halogens is 1. The van der Waals surface area contributed by atoms with E-state index in [4.69, 9.17) is 9.47 Å². The lowest BCUT2D eigenvalue weighted by molar-refractivity contribution is -0.141. The molecule has 13 heteroatoms. The minimum atomic E-state index is -1.12. The van der Waals surface area contributed by atoms with Crippen molar-refractivity contribution in [2.24, 2.45) is 5.92 Å². The van der Waals surface area contributed by atoms with Gasteiger partial charge in [0.15, 0.2) is 0 Å². The highest BCUT2D eigenvalue weighted by Gasteiger charge is 2.60. The van der Waals surface area contributed by atoms with Gasteiger partial charge in [0.2, 0.25) is 23.6 Å². The number of hydrogen-bond donors (Lipinski definition) is 3. The van der Waals surface area contributed by atoms with Gasteiger partial charge in [-0.15, -0.1) is 0 Å². The van der Waals surface area contributed by atoms with Crippen LogP contribution in [0.2, 0.25) is 0 Å². The van der Waals surface area contributed by atoms with Crippen LogP contribution in [0.3, 0.4) is 0 Å². The Bertz CT molecular complexity index is 1560. The zero-order valence-electron chi connectivity index (χ0n) is 27.7. The Morgan fingerprint density at radius 3 is 2.66 bits per heavy atom. The molecule has 1 aliphatic carbocycles. The summed E-state index contributed by atoms with van der Waals surface area (Å²) < 4.78 is 25.8. The first-order valence-corrected chi connectivity index (χ1v) is 16.5. The maximum Gasteiger partial charge on any atom is 0.408 e. The van der Waals surface area contributed by atoms with Gasteiger partial charge in [0.1, 0.15) is 40.8 Å². The molecule has 254 valence electrons. The zero-order chi connectivity index (χ0) is 33.9. The fourth-order valence-corrected chi connectivity index (χ4v) is 6.37. The molecule has 1 aromatic carbocycles. The number of alkyl carbamates (subject to hydrolysis) is 1. The van der Waals surface area contributed by atoms with E-state index in [0.29, 0.717) is 42.4 Å². The molecule has 47 heavy (non-hydrogen) atoms. The van der Waals surface area contributed by atoms with Crippen molar-refractivity contribution in [2.75, 3.05) is 13.6 Å². The average molecular weight is 653 g/mol. The minimum absolute atomic E-state index is 0.0196. The third-order valence-corrected chi connectivity index (χ3v) is 8.84. The number of rotatable bonds is 5. The average Bonchev–Trinajstić information content (AvgIpc) is 3.54. The second-order valence-corrected chi connectivity index (χ2v) is 13.6. The van der Waals surface area contributed by atoms with Crippen molar-refractivity contribution in [1.29, 1.82) is 0 Å². The molecule has 0 radical (unpaired) electrons. The van der Waals surface area contributed by atoms with Crippen LogP contribution in [-0.4, -0.2) is 81.6 Å². The van der Waals surface area contributed by atoms with Gasteiger partial charge in [-0.25, -0.2) is 19.2 Å². The topological polar surface area (TPSA) is 152 Å². The van der Waals surface area contributed by atoms with Crippen molar-refractivity contribution in [3.63, 3.8) is 0 Å². The highest BCUT2D eigenvalue weighted by Crippen LogP contribution is 2.45. The van der Waals surface area contributed by atoms with Gasteiger partial charge in [-0.1, -0.05) is 31.9 Å². The lowest BCUT2D eigenvalue weighted by atomic mass is 10.0. The van der Waals surface area contributed by atoms with E-state index in [1.807, 2.05) is 19.1 Å². The molecular formula is C34H45FN6O6. The van der Waals surface area contributed by atoms with Crippen LogP contribution in [0.15, 0.2) is 30.4 Å². The van der Waals surface area contributed by atoms with E-state index in [1.165, 1.54) is 24.1 Å². The predicted molar refractivity (Wildman–Crippen MR) is 172 cm³/mol. The standard InChI is InChI=1S/C34H45FN6O6/c1-6-23-29(38-26-16-21(35)14-15-24(26)37-23)46-22-17-27-28(42)40-34(31(44)36-5)18-20(34)12-10-8-7-9-11-13-25(30(43)41(27)19-22)39-32(45)47-33(2,3)4/h10,12,14-16,20,22,25,27H,6-9,11,13,17-19H2,1-5H3,(H,36,44)(H,39,45)(H,40,42)/b12-10-/t20-,22-,25+,27+,34-/m1/s1. The fourth-order valence-electron chi connectivity index (χ4n) is 6.37. The summed E-state index contributed by atoms with van der Waals surface area (Å²) in [5.74, 6) is -1.67. The Balaban J connectivity index is 1.46. The number of aryl methyl sites for hydroxylation is 1. The van der Waals surface area contributed by atoms with Crippen LogP contribution in [0, 0.1) is 11.7 Å². The van der Waals surface area contributed by atoms with Gasteiger partial charge < -0.3 is 30.3 Å². The molecule has 2 aliphatic heterocycles. The van der Waals surface area contributed by atoms with Crippen LogP contribution in [0.4, 0.5) is 9.18 Å². The lowest BCUT2D eigenvalue weighted by Crippen LogP contribution is -2.57. The maximum atomic E-state index is 14.3. The highest BCUT2D eigenvalue weighted by atomic mass is 19.1. The number of fused-ring (bicyclic) bond motifs is 3. The van der Waals surface area contributed by atoms with E-state index in [1.54, 1.807) is 26.8 Å². The van der Waals surface area contributed by atoms with E-state index >= 15 is 0 Å². The fraction of sp³-hybridized carbons (Fsp3) is 0.588. The molecule has 4 amide bonds. The monoisotopic (exact) mass is 652 g/mol. The van der Waals surface area contributed by atoms with E-state index in [9.17, 15) is 23.6 Å². The summed E-state index contributed by atoms with van der Waals surface area (Å²) in [5, 5.41) is 8.39. The normalized spacial score (nSPS) is 27.4. The number of carbonyl (C=O) groups excluding carboxylic acids is 4. The summed E-state index contributed by atoms with van der Waals surface area (Å²) >= 11 is 0. The first-order valence-electron chi connectivity index (χ1n) is 16.5. The number of likely N-dealkylation sites (N-methyl/N-ethyl adjacent to an activating group) is 1. The molecule has 1 aromatic heterocycles. The molecule has 2 aromatic rings. The zero-order valence-corrected chi connectivity index (χ0v) is 27.7. The number of nitrogens with zero attached hydrogens (tertiary/aromatic N) is 3. The molecule has 0 bridgehead atoms. The summed E-state index contributed by atoms with van der Waals surface area (Å²) in [6, 6.07) is 2.20. The number of benzene rings is 1. The number of ether oxygens (including phenoxy) is 2. The Kier molecular flexibility index (Phi) is 10.0. The van der Waals surface area contributed by atoms with Crippen LogP contribution in [0.25, 0.3) is 11.0 Å². The first-order chi connectivity index (χ1) is 22.3. The SMILES string of the molecule is CCc1nc2ccc(F)cc2nc1O[C@@H]1C[C@H]2C(=O)N[C@]3(C(=O)NC)C[C@H]3/C=C\CCCCC[C@H](NC(=O)OC(C)(C)C)C(=O)N2C1. The molecule has 2 fully saturated rings. The largest absolute Gasteiger partial charge is 0.471 e. The van der Waals surface area contributed by atoms with Crippen molar-refractivity contribution in [3.05, 3.63) is 41.9 Å². The van der Waals surface area contributed by atoms with Crippen LogP contribution in [-0.2, 0) is 25.5 Å². The van der Waals surface area contributed by atoms with E-state index in [-0.39, 0.29) is 30.7 Å². The van der Waals surface area contributed by atoms with Crippen molar-refractivity contribution < 1.29 is 33.0 Å². The Morgan fingerprint density at radius 1 is 1.15 bits per heavy atom. The van der Waals surface area contributed by atoms with Crippen molar-refractivity contribution in [2.45, 2.75) is 108 Å². The number of amides is 4. The second kappa shape index (κ2) is 13.8. The summed E-state index contributed by atoms with van der Waals surface area (Å²) in [7, 11) is 1.53. The molecule has 3 aliphatic rings. The van der Waals surface area contributed by atoms with Gasteiger partial charge >= 0.3 is 6.09 Å².